The minimum atomic E-state index is 0.837. The second-order valence-corrected chi connectivity index (χ2v) is 3.88. The van der Waals surface area contributed by atoms with Crippen molar-refractivity contribution in [1.29, 1.82) is 0 Å². The monoisotopic (exact) mass is 222 g/mol. The molecule has 0 aliphatic heterocycles. The number of unbranched alkanes of at least 4 members (excludes halogenated alkanes) is 1. The minimum Gasteiger partial charge on any atom is -0.391 e. The summed E-state index contributed by atoms with van der Waals surface area (Å²) in [6, 6.07) is 0. The largest absolute Gasteiger partial charge is 0.391 e. The van der Waals surface area contributed by atoms with Crippen molar-refractivity contribution >= 4 is 5.71 Å². The van der Waals surface area contributed by atoms with Crippen LogP contribution in [0.1, 0.15) is 47.5 Å². The second-order valence-electron chi connectivity index (χ2n) is 3.88. The maximum atomic E-state index is 4.57. The van der Waals surface area contributed by atoms with Crippen molar-refractivity contribution in [2.45, 2.75) is 47.5 Å². The molecule has 0 aromatic rings. The van der Waals surface area contributed by atoms with Crippen molar-refractivity contribution in [2.24, 2.45) is 4.99 Å². The molecule has 0 amide bonds. The molecule has 16 heavy (non-hydrogen) atoms. The number of nitrogens with one attached hydrogen (secondary N) is 1. The van der Waals surface area contributed by atoms with Gasteiger partial charge in [-0.05, 0) is 45.3 Å². The molecule has 0 heterocycles. The van der Waals surface area contributed by atoms with E-state index in [2.05, 4.69) is 57.2 Å². The second kappa shape index (κ2) is 9.20. The van der Waals surface area contributed by atoms with Crippen molar-refractivity contribution in [1.82, 2.24) is 5.32 Å². The van der Waals surface area contributed by atoms with Gasteiger partial charge in [-0.2, -0.15) is 0 Å². The summed E-state index contributed by atoms with van der Waals surface area (Å²) in [5.74, 6) is 0. The van der Waals surface area contributed by atoms with Gasteiger partial charge in [0.05, 0.1) is 5.71 Å². The fourth-order valence-corrected chi connectivity index (χ4v) is 1.50. The molecule has 0 saturated heterocycles. The van der Waals surface area contributed by atoms with Crippen LogP contribution in [0.4, 0.5) is 0 Å². The van der Waals surface area contributed by atoms with E-state index in [1.54, 1.807) is 0 Å². The van der Waals surface area contributed by atoms with Gasteiger partial charge in [-0.1, -0.05) is 19.4 Å². The lowest BCUT2D eigenvalue weighted by Gasteiger charge is -2.08. The highest BCUT2D eigenvalue weighted by atomic mass is 14.8. The molecule has 92 valence electrons. The molecule has 2 heteroatoms. The third-order valence-electron chi connectivity index (χ3n) is 2.33. The summed E-state index contributed by atoms with van der Waals surface area (Å²) in [4.78, 5) is 4.57. The predicted molar refractivity (Wildman–Crippen MR) is 74.1 cm³/mol. The van der Waals surface area contributed by atoms with E-state index in [1.807, 2.05) is 0 Å². The highest BCUT2D eigenvalue weighted by molar-refractivity contribution is 6.11. The molecule has 0 bridgehead atoms. The highest BCUT2D eigenvalue weighted by Crippen LogP contribution is 2.09. The maximum Gasteiger partial charge on any atom is 0.0643 e. The average Bonchev–Trinajstić information content (AvgIpc) is 2.29. The van der Waals surface area contributed by atoms with Crippen molar-refractivity contribution in [2.75, 3.05) is 13.1 Å². The number of hydrogen-bond acceptors (Lipinski definition) is 2. The Balaban J connectivity index is 4.80. The van der Waals surface area contributed by atoms with Crippen LogP contribution >= 0.6 is 0 Å². The van der Waals surface area contributed by atoms with Gasteiger partial charge < -0.3 is 5.32 Å². The van der Waals surface area contributed by atoms with Gasteiger partial charge in [-0.3, -0.25) is 4.99 Å². The third-order valence-corrected chi connectivity index (χ3v) is 2.33. The molecular formula is C14H26N2. The molecule has 0 unspecified atom stereocenters. The molecule has 0 atom stereocenters. The van der Waals surface area contributed by atoms with E-state index in [4.69, 9.17) is 0 Å². The summed E-state index contributed by atoms with van der Waals surface area (Å²) in [5.41, 5.74) is 3.64. The van der Waals surface area contributed by atoms with Gasteiger partial charge in [-0.25, -0.2) is 0 Å². The van der Waals surface area contributed by atoms with Gasteiger partial charge in [0.25, 0.3) is 0 Å². The van der Waals surface area contributed by atoms with E-state index in [1.165, 1.54) is 17.6 Å². The Morgan fingerprint density at radius 1 is 1.12 bits per heavy atom. The van der Waals surface area contributed by atoms with Gasteiger partial charge >= 0.3 is 0 Å². The number of allylic oxidation sites excluding steroid dienone is 3. The van der Waals surface area contributed by atoms with E-state index in [-0.39, 0.29) is 0 Å². The first kappa shape index (κ1) is 14.9. The van der Waals surface area contributed by atoms with Crippen LogP contribution in [0.2, 0.25) is 0 Å². The van der Waals surface area contributed by atoms with E-state index in [0.29, 0.717) is 0 Å². The van der Waals surface area contributed by atoms with Crippen LogP contribution < -0.4 is 5.32 Å². The van der Waals surface area contributed by atoms with Crippen LogP contribution in [-0.4, -0.2) is 18.8 Å². The summed E-state index contributed by atoms with van der Waals surface area (Å²) >= 11 is 0. The molecule has 0 spiro atoms. The summed E-state index contributed by atoms with van der Waals surface area (Å²) in [6.07, 6.45) is 6.64. The molecule has 0 radical (unpaired) electrons. The van der Waals surface area contributed by atoms with Crippen LogP contribution in [-0.2, 0) is 0 Å². The molecular weight excluding hydrogens is 196 g/mol. The van der Waals surface area contributed by atoms with Crippen LogP contribution in [0.3, 0.4) is 0 Å². The Bertz CT molecular complexity index is 248. The van der Waals surface area contributed by atoms with Gasteiger partial charge in [0.1, 0.15) is 0 Å². The highest BCUT2D eigenvalue weighted by Gasteiger charge is 2.03. The molecule has 1 N–H and O–H groups in total. The smallest absolute Gasteiger partial charge is 0.0643 e. The lowest BCUT2D eigenvalue weighted by atomic mass is 10.0. The first-order valence-corrected chi connectivity index (χ1v) is 6.29. The zero-order valence-corrected chi connectivity index (χ0v) is 11.4. The van der Waals surface area contributed by atoms with Gasteiger partial charge in [0.15, 0.2) is 0 Å². The van der Waals surface area contributed by atoms with E-state index in [9.17, 15) is 0 Å². The van der Waals surface area contributed by atoms with Crippen molar-refractivity contribution in [3.8, 4) is 0 Å². The van der Waals surface area contributed by atoms with Crippen LogP contribution in [0.25, 0.3) is 0 Å². The summed E-state index contributed by atoms with van der Waals surface area (Å²) in [6.45, 7) is 12.4. The van der Waals surface area contributed by atoms with Crippen molar-refractivity contribution in [3.63, 3.8) is 0 Å². The minimum absolute atomic E-state index is 0.837. The van der Waals surface area contributed by atoms with Crippen molar-refractivity contribution in [3.05, 3.63) is 23.4 Å². The predicted octanol–water partition coefficient (Wildman–Crippen LogP) is 3.71. The Kier molecular flexibility index (Phi) is 8.59. The number of aliphatic imine (C=N–C) groups is 1. The Labute approximate surface area is 101 Å². The van der Waals surface area contributed by atoms with E-state index in [0.717, 1.165) is 25.2 Å². The normalized spacial score (nSPS) is 14.2. The molecule has 0 aliphatic rings. The van der Waals surface area contributed by atoms with Crippen LogP contribution in [0, 0.1) is 0 Å². The SMILES string of the molecule is CCC/C=C(C)/C(=N/CC)C(/C)=C\NCC. The number of nitrogens with zero attached hydrogens (tertiary/aromatic N) is 1. The number of hydrogen-bond donors (Lipinski definition) is 1. The first-order chi connectivity index (χ1) is 7.67. The molecule has 0 rings (SSSR count). The summed E-state index contributed by atoms with van der Waals surface area (Å²) in [5, 5.41) is 3.23. The zero-order valence-electron chi connectivity index (χ0n) is 11.4. The Morgan fingerprint density at radius 2 is 1.81 bits per heavy atom. The molecule has 0 aromatic heterocycles. The van der Waals surface area contributed by atoms with Crippen LogP contribution in [0.5, 0.6) is 0 Å². The number of rotatable bonds is 7. The summed E-state index contributed by atoms with van der Waals surface area (Å²) in [7, 11) is 0. The van der Waals surface area contributed by atoms with E-state index < -0.39 is 0 Å². The Morgan fingerprint density at radius 3 is 2.31 bits per heavy atom. The summed E-state index contributed by atoms with van der Waals surface area (Å²) < 4.78 is 0. The maximum absolute atomic E-state index is 4.57. The van der Waals surface area contributed by atoms with Crippen LogP contribution in [0.15, 0.2) is 28.4 Å². The molecule has 0 saturated carbocycles. The lowest BCUT2D eigenvalue weighted by Crippen LogP contribution is -2.10. The topological polar surface area (TPSA) is 24.4 Å². The van der Waals surface area contributed by atoms with E-state index >= 15 is 0 Å². The van der Waals surface area contributed by atoms with Crippen molar-refractivity contribution < 1.29 is 0 Å². The third kappa shape index (κ3) is 5.74. The van der Waals surface area contributed by atoms with Gasteiger partial charge in [0.2, 0.25) is 0 Å². The fraction of sp³-hybridized carbons (Fsp3) is 0.643. The molecule has 0 fully saturated rings. The fourth-order valence-electron chi connectivity index (χ4n) is 1.50. The lowest BCUT2D eigenvalue weighted by molar-refractivity contribution is 0.912. The average molecular weight is 222 g/mol. The molecule has 2 nitrogen and oxygen atoms in total. The first-order valence-electron chi connectivity index (χ1n) is 6.29. The Hall–Kier alpha value is -1.05. The quantitative estimate of drug-likeness (QED) is 0.652. The standard InChI is InChI=1S/C14H26N2/c1-6-9-10-12(4)14(16-8-3)13(5)11-15-7-2/h10-11,15H,6-9H2,1-5H3/b12-10+,13-11-,16-14-. The molecule has 0 aromatic carbocycles. The zero-order chi connectivity index (χ0) is 12.4. The molecule has 0 aliphatic carbocycles. The van der Waals surface area contributed by atoms with Gasteiger partial charge in [0, 0.05) is 19.3 Å². The van der Waals surface area contributed by atoms with Gasteiger partial charge in [-0.15, -0.1) is 0 Å².